The summed E-state index contributed by atoms with van der Waals surface area (Å²) in [5.74, 6) is 0.740. The second kappa shape index (κ2) is 3.93. The molecule has 0 saturated heterocycles. The Kier molecular flexibility index (Phi) is 2.46. The molecule has 0 radical (unpaired) electrons. The third kappa shape index (κ3) is 2.02. The number of benzene rings is 1. The fraction of sp³-hybridized carbons (Fsp3) is 0.182. The quantitative estimate of drug-likeness (QED) is 0.734. The molecule has 0 aliphatic carbocycles. The number of aromatic nitrogens is 3. The van der Waals surface area contributed by atoms with Crippen LogP contribution in [0.2, 0.25) is 0 Å². The normalized spacial score (nSPS) is 9.87. The van der Waals surface area contributed by atoms with Crippen molar-refractivity contribution in [1.82, 2.24) is 14.8 Å². The Morgan fingerprint density at radius 3 is 2.87 bits per heavy atom. The van der Waals surface area contributed by atoms with Crippen molar-refractivity contribution in [2.24, 2.45) is 0 Å². The fourth-order valence-corrected chi connectivity index (χ4v) is 1.41. The van der Waals surface area contributed by atoms with Crippen LogP contribution in [0.4, 0.5) is 0 Å². The summed E-state index contributed by atoms with van der Waals surface area (Å²) >= 11 is 0. The molecule has 0 aliphatic heterocycles. The Bertz CT molecular complexity index is 507. The SMILES string of the molecule is Cc1ncn(Cc2ccccc2C#N)n1. The van der Waals surface area contributed by atoms with Gasteiger partial charge in [0.25, 0.3) is 0 Å². The average Bonchev–Trinajstić information content (AvgIpc) is 2.65. The number of rotatable bonds is 2. The summed E-state index contributed by atoms with van der Waals surface area (Å²) in [7, 11) is 0. The van der Waals surface area contributed by atoms with Crippen LogP contribution in [0.3, 0.4) is 0 Å². The Labute approximate surface area is 87.8 Å². The first kappa shape index (κ1) is 9.41. The van der Waals surface area contributed by atoms with Crippen molar-refractivity contribution in [1.29, 1.82) is 5.26 Å². The summed E-state index contributed by atoms with van der Waals surface area (Å²) in [6.07, 6.45) is 1.67. The maximum absolute atomic E-state index is 8.91. The van der Waals surface area contributed by atoms with E-state index in [9.17, 15) is 0 Å². The van der Waals surface area contributed by atoms with Crippen LogP contribution in [-0.2, 0) is 6.54 Å². The van der Waals surface area contributed by atoms with E-state index in [1.54, 1.807) is 17.1 Å². The zero-order valence-corrected chi connectivity index (χ0v) is 8.38. The number of hydrogen-bond donors (Lipinski definition) is 0. The second-order valence-electron chi connectivity index (χ2n) is 3.26. The van der Waals surface area contributed by atoms with Crippen LogP contribution < -0.4 is 0 Å². The second-order valence-corrected chi connectivity index (χ2v) is 3.26. The molecule has 1 aromatic heterocycles. The molecule has 0 N–H and O–H groups in total. The van der Waals surface area contributed by atoms with Crippen molar-refractivity contribution >= 4 is 0 Å². The largest absolute Gasteiger partial charge is 0.248 e. The molecular formula is C11H10N4. The van der Waals surface area contributed by atoms with E-state index in [0.717, 1.165) is 11.4 Å². The highest BCUT2D eigenvalue weighted by Crippen LogP contribution is 2.08. The Hall–Kier alpha value is -2.15. The lowest BCUT2D eigenvalue weighted by Crippen LogP contribution is -2.02. The van der Waals surface area contributed by atoms with Crippen LogP contribution in [0.15, 0.2) is 30.6 Å². The van der Waals surface area contributed by atoms with Gasteiger partial charge in [-0.05, 0) is 18.6 Å². The third-order valence-corrected chi connectivity index (χ3v) is 2.12. The van der Waals surface area contributed by atoms with Gasteiger partial charge in [-0.3, -0.25) is 0 Å². The van der Waals surface area contributed by atoms with Gasteiger partial charge < -0.3 is 0 Å². The summed E-state index contributed by atoms with van der Waals surface area (Å²) < 4.78 is 1.73. The first-order valence-corrected chi connectivity index (χ1v) is 4.63. The molecule has 0 atom stereocenters. The minimum Gasteiger partial charge on any atom is -0.248 e. The van der Waals surface area contributed by atoms with Gasteiger partial charge in [-0.15, -0.1) is 0 Å². The van der Waals surface area contributed by atoms with Gasteiger partial charge in [-0.1, -0.05) is 18.2 Å². The molecule has 1 aromatic carbocycles. The number of aryl methyl sites for hydroxylation is 1. The highest BCUT2D eigenvalue weighted by atomic mass is 15.3. The fourth-order valence-electron chi connectivity index (χ4n) is 1.41. The highest BCUT2D eigenvalue weighted by Gasteiger charge is 2.02. The molecule has 0 bridgehead atoms. The first-order chi connectivity index (χ1) is 7.29. The van der Waals surface area contributed by atoms with E-state index in [-0.39, 0.29) is 0 Å². The zero-order chi connectivity index (χ0) is 10.7. The molecule has 0 unspecified atom stereocenters. The summed E-state index contributed by atoms with van der Waals surface area (Å²) in [6, 6.07) is 9.66. The summed E-state index contributed by atoms with van der Waals surface area (Å²) in [5.41, 5.74) is 1.65. The minimum atomic E-state index is 0.588. The van der Waals surface area contributed by atoms with E-state index in [1.807, 2.05) is 25.1 Å². The molecule has 0 aliphatic rings. The third-order valence-electron chi connectivity index (χ3n) is 2.12. The van der Waals surface area contributed by atoms with Gasteiger partial charge in [0.1, 0.15) is 12.2 Å². The lowest BCUT2D eigenvalue weighted by atomic mass is 10.1. The van der Waals surface area contributed by atoms with Gasteiger partial charge >= 0.3 is 0 Å². The molecule has 15 heavy (non-hydrogen) atoms. The van der Waals surface area contributed by atoms with Crippen LogP contribution in [0.5, 0.6) is 0 Å². The Balaban J connectivity index is 2.28. The maximum atomic E-state index is 8.91. The highest BCUT2D eigenvalue weighted by molar-refractivity contribution is 5.37. The molecule has 0 fully saturated rings. The van der Waals surface area contributed by atoms with E-state index in [1.165, 1.54) is 0 Å². The van der Waals surface area contributed by atoms with Gasteiger partial charge in [-0.25, -0.2) is 9.67 Å². The average molecular weight is 198 g/mol. The van der Waals surface area contributed by atoms with Crippen LogP contribution in [0.1, 0.15) is 17.0 Å². The lowest BCUT2D eigenvalue weighted by molar-refractivity contribution is 0.677. The van der Waals surface area contributed by atoms with Crippen molar-refractivity contribution < 1.29 is 0 Å². The molecule has 2 rings (SSSR count). The predicted molar refractivity (Wildman–Crippen MR) is 55.0 cm³/mol. The van der Waals surface area contributed by atoms with E-state index in [2.05, 4.69) is 16.2 Å². The molecular weight excluding hydrogens is 188 g/mol. The van der Waals surface area contributed by atoms with Crippen LogP contribution in [0, 0.1) is 18.3 Å². The Morgan fingerprint density at radius 1 is 1.40 bits per heavy atom. The number of hydrogen-bond acceptors (Lipinski definition) is 3. The smallest absolute Gasteiger partial charge is 0.147 e. The Morgan fingerprint density at radius 2 is 2.20 bits per heavy atom. The molecule has 0 saturated carbocycles. The van der Waals surface area contributed by atoms with Crippen LogP contribution in [-0.4, -0.2) is 14.8 Å². The molecule has 4 nitrogen and oxygen atoms in total. The predicted octanol–water partition coefficient (Wildman–Crippen LogP) is 1.51. The van der Waals surface area contributed by atoms with Crippen molar-refractivity contribution in [3.8, 4) is 6.07 Å². The van der Waals surface area contributed by atoms with Crippen molar-refractivity contribution in [2.75, 3.05) is 0 Å². The summed E-state index contributed by atoms with van der Waals surface area (Å²) in [5, 5.41) is 13.1. The minimum absolute atomic E-state index is 0.588. The van der Waals surface area contributed by atoms with Crippen molar-refractivity contribution in [3.05, 3.63) is 47.5 Å². The number of nitrogens with zero attached hydrogens (tertiary/aromatic N) is 4. The van der Waals surface area contributed by atoms with E-state index in [4.69, 9.17) is 5.26 Å². The number of nitriles is 1. The summed E-state index contributed by atoms with van der Waals surface area (Å²) in [6.45, 7) is 2.43. The molecule has 2 aromatic rings. The molecule has 1 heterocycles. The van der Waals surface area contributed by atoms with Crippen molar-refractivity contribution in [2.45, 2.75) is 13.5 Å². The van der Waals surface area contributed by atoms with Crippen LogP contribution >= 0.6 is 0 Å². The topological polar surface area (TPSA) is 54.5 Å². The van der Waals surface area contributed by atoms with Crippen LogP contribution in [0.25, 0.3) is 0 Å². The van der Waals surface area contributed by atoms with Gasteiger partial charge in [0, 0.05) is 0 Å². The van der Waals surface area contributed by atoms with E-state index < -0.39 is 0 Å². The van der Waals surface area contributed by atoms with Gasteiger partial charge in [-0.2, -0.15) is 10.4 Å². The van der Waals surface area contributed by atoms with Gasteiger partial charge in [0.15, 0.2) is 0 Å². The maximum Gasteiger partial charge on any atom is 0.147 e. The van der Waals surface area contributed by atoms with E-state index >= 15 is 0 Å². The standard InChI is InChI=1S/C11H10N4/c1-9-13-8-15(14-9)7-11-5-3-2-4-10(11)6-12/h2-5,8H,7H2,1H3. The van der Waals surface area contributed by atoms with Gasteiger partial charge in [0.05, 0.1) is 18.2 Å². The monoisotopic (exact) mass is 198 g/mol. The first-order valence-electron chi connectivity index (χ1n) is 4.63. The molecule has 4 heteroatoms. The van der Waals surface area contributed by atoms with Crippen molar-refractivity contribution in [3.63, 3.8) is 0 Å². The van der Waals surface area contributed by atoms with E-state index in [0.29, 0.717) is 12.1 Å². The molecule has 74 valence electrons. The lowest BCUT2D eigenvalue weighted by Gasteiger charge is -2.02. The molecule has 0 amide bonds. The zero-order valence-electron chi connectivity index (χ0n) is 8.38. The summed E-state index contributed by atoms with van der Waals surface area (Å²) in [4.78, 5) is 4.04. The molecule has 0 spiro atoms. The van der Waals surface area contributed by atoms with Gasteiger partial charge in [0.2, 0.25) is 0 Å².